The van der Waals surface area contributed by atoms with Gasteiger partial charge in [-0.1, -0.05) is 12.1 Å². The number of rotatable bonds is 4. The van der Waals surface area contributed by atoms with Crippen LogP contribution in [0.1, 0.15) is 18.1 Å². The molecule has 0 fully saturated rings. The summed E-state index contributed by atoms with van der Waals surface area (Å²) in [6.45, 7) is 1.82. The Bertz CT molecular complexity index is 412. The number of thioether (sulfide) groups is 1. The molecule has 1 aliphatic rings. The molecule has 1 aromatic rings. The zero-order valence-corrected chi connectivity index (χ0v) is 11.7. The van der Waals surface area contributed by atoms with Crippen LogP contribution in [0.15, 0.2) is 23.1 Å². The summed E-state index contributed by atoms with van der Waals surface area (Å²) in [7, 11) is 1.76. The Morgan fingerprint density at radius 3 is 3.00 bits per heavy atom. The van der Waals surface area contributed by atoms with E-state index in [0.29, 0.717) is 5.56 Å². The molecule has 1 aliphatic heterocycles. The fourth-order valence-corrected chi connectivity index (χ4v) is 3.56. The lowest BCUT2D eigenvalue weighted by Crippen LogP contribution is -2.43. The molecule has 0 bridgehead atoms. The van der Waals surface area contributed by atoms with Crippen molar-refractivity contribution in [2.75, 3.05) is 18.7 Å². The van der Waals surface area contributed by atoms with Crippen molar-refractivity contribution >= 4 is 23.4 Å². The fraction of sp³-hybridized carbons (Fsp3) is 0.538. The Morgan fingerprint density at radius 2 is 2.35 bits per heavy atom. The molecule has 0 aromatic heterocycles. The van der Waals surface area contributed by atoms with E-state index in [1.54, 1.807) is 7.05 Å². The Kier molecular flexibility index (Phi) is 4.01. The summed E-state index contributed by atoms with van der Waals surface area (Å²) in [5, 5.41) is 2.96. The van der Waals surface area contributed by atoms with Crippen LogP contribution in [0.4, 0.5) is 4.39 Å². The van der Waals surface area contributed by atoms with Crippen LogP contribution in [-0.4, -0.2) is 24.7 Å². The van der Waals surface area contributed by atoms with Gasteiger partial charge >= 0.3 is 0 Å². The maximum atomic E-state index is 14.9. The van der Waals surface area contributed by atoms with Crippen LogP contribution in [0.3, 0.4) is 0 Å². The highest BCUT2D eigenvalue weighted by Crippen LogP contribution is 2.37. The maximum absolute atomic E-state index is 14.9. The van der Waals surface area contributed by atoms with E-state index < -0.39 is 5.67 Å². The third-order valence-electron chi connectivity index (χ3n) is 3.48. The second kappa shape index (κ2) is 5.17. The Hall–Kier alpha value is -0.250. The van der Waals surface area contributed by atoms with Crippen molar-refractivity contribution in [3.05, 3.63) is 29.3 Å². The van der Waals surface area contributed by atoms with E-state index in [1.807, 2.05) is 36.9 Å². The van der Waals surface area contributed by atoms with Gasteiger partial charge in [-0.25, -0.2) is 4.39 Å². The van der Waals surface area contributed by atoms with Crippen LogP contribution >= 0.6 is 23.4 Å². The zero-order chi connectivity index (χ0) is 12.5. The SMILES string of the molecule is CNC(C)C(F)(CCl)c1ccc2c(c1)CCS2. The summed E-state index contributed by atoms with van der Waals surface area (Å²) in [5.74, 6) is 1.07. The van der Waals surface area contributed by atoms with Crippen molar-refractivity contribution in [1.29, 1.82) is 0 Å². The van der Waals surface area contributed by atoms with Gasteiger partial charge in [-0.05, 0) is 37.6 Å². The van der Waals surface area contributed by atoms with Crippen LogP contribution in [0.2, 0.25) is 0 Å². The molecule has 2 rings (SSSR count). The predicted octanol–water partition coefficient (Wildman–Crippen LogP) is 3.35. The number of alkyl halides is 2. The smallest absolute Gasteiger partial charge is 0.164 e. The van der Waals surface area contributed by atoms with Crippen molar-refractivity contribution in [3.63, 3.8) is 0 Å². The van der Waals surface area contributed by atoms with E-state index >= 15 is 0 Å². The molecule has 4 heteroatoms. The summed E-state index contributed by atoms with van der Waals surface area (Å²) < 4.78 is 14.9. The molecule has 1 N–H and O–H groups in total. The zero-order valence-electron chi connectivity index (χ0n) is 10.1. The molecule has 2 unspecified atom stereocenters. The average Bonchev–Trinajstić information content (AvgIpc) is 2.83. The van der Waals surface area contributed by atoms with Gasteiger partial charge in [-0.2, -0.15) is 0 Å². The minimum Gasteiger partial charge on any atom is -0.314 e. The average molecular weight is 274 g/mol. The number of hydrogen-bond acceptors (Lipinski definition) is 2. The van der Waals surface area contributed by atoms with Crippen molar-refractivity contribution in [3.8, 4) is 0 Å². The molecule has 0 saturated carbocycles. The highest BCUT2D eigenvalue weighted by Gasteiger charge is 2.37. The molecule has 0 spiro atoms. The fourth-order valence-electron chi connectivity index (χ4n) is 2.12. The van der Waals surface area contributed by atoms with Gasteiger partial charge < -0.3 is 5.32 Å². The van der Waals surface area contributed by atoms with Crippen LogP contribution < -0.4 is 5.32 Å². The summed E-state index contributed by atoms with van der Waals surface area (Å²) in [4.78, 5) is 1.28. The Morgan fingerprint density at radius 1 is 1.59 bits per heavy atom. The third kappa shape index (κ3) is 2.33. The van der Waals surface area contributed by atoms with Crippen molar-refractivity contribution in [2.24, 2.45) is 0 Å². The highest BCUT2D eigenvalue weighted by atomic mass is 35.5. The number of fused-ring (bicyclic) bond motifs is 1. The first-order valence-electron chi connectivity index (χ1n) is 5.80. The summed E-state index contributed by atoms with van der Waals surface area (Å²) >= 11 is 7.69. The normalized spacial score (nSPS) is 19.8. The number of aryl methyl sites for hydroxylation is 1. The summed E-state index contributed by atoms with van der Waals surface area (Å²) in [5.41, 5.74) is 0.442. The maximum Gasteiger partial charge on any atom is 0.164 e. The van der Waals surface area contributed by atoms with Gasteiger partial charge in [0.25, 0.3) is 0 Å². The first-order valence-corrected chi connectivity index (χ1v) is 7.32. The number of hydrogen-bond donors (Lipinski definition) is 1. The predicted molar refractivity (Wildman–Crippen MR) is 72.9 cm³/mol. The van der Waals surface area contributed by atoms with E-state index in [1.165, 1.54) is 10.5 Å². The minimum absolute atomic E-state index is 0.0268. The minimum atomic E-state index is -1.50. The van der Waals surface area contributed by atoms with Gasteiger partial charge in [0.15, 0.2) is 5.67 Å². The molecule has 0 radical (unpaired) electrons. The van der Waals surface area contributed by atoms with Gasteiger partial charge in [-0.15, -0.1) is 23.4 Å². The van der Waals surface area contributed by atoms with E-state index in [9.17, 15) is 4.39 Å². The molecule has 17 heavy (non-hydrogen) atoms. The Labute approximate surface area is 111 Å². The number of benzene rings is 1. The lowest BCUT2D eigenvalue weighted by Gasteiger charge is -2.30. The monoisotopic (exact) mass is 273 g/mol. The first-order chi connectivity index (χ1) is 8.11. The van der Waals surface area contributed by atoms with Crippen molar-refractivity contribution in [1.82, 2.24) is 5.32 Å². The molecule has 0 saturated heterocycles. The largest absolute Gasteiger partial charge is 0.314 e. The number of nitrogens with one attached hydrogen (secondary N) is 1. The molecular weight excluding hydrogens is 257 g/mol. The summed E-state index contributed by atoms with van der Waals surface area (Å²) in [6, 6.07) is 5.57. The van der Waals surface area contributed by atoms with Gasteiger partial charge in [0, 0.05) is 16.7 Å². The Balaban J connectivity index is 2.37. The molecular formula is C13H17ClFNS. The molecule has 2 atom stereocenters. The van der Waals surface area contributed by atoms with Crippen LogP contribution in [0.25, 0.3) is 0 Å². The first kappa shape index (κ1) is 13.2. The van der Waals surface area contributed by atoms with Gasteiger partial charge in [0.1, 0.15) is 0 Å². The molecule has 1 heterocycles. The van der Waals surface area contributed by atoms with E-state index in [0.717, 1.165) is 12.2 Å². The van der Waals surface area contributed by atoms with E-state index in [2.05, 4.69) is 5.32 Å². The van der Waals surface area contributed by atoms with Crippen molar-refractivity contribution < 1.29 is 4.39 Å². The molecule has 1 nitrogen and oxygen atoms in total. The second-order valence-corrected chi connectivity index (χ2v) is 5.83. The lowest BCUT2D eigenvalue weighted by molar-refractivity contribution is 0.144. The van der Waals surface area contributed by atoms with Crippen LogP contribution in [0.5, 0.6) is 0 Å². The van der Waals surface area contributed by atoms with Gasteiger partial charge in [-0.3, -0.25) is 0 Å². The van der Waals surface area contributed by atoms with E-state index in [-0.39, 0.29) is 11.9 Å². The summed E-state index contributed by atoms with van der Waals surface area (Å²) in [6.07, 6.45) is 1.03. The van der Waals surface area contributed by atoms with Gasteiger partial charge in [0.2, 0.25) is 0 Å². The van der Waals surface area contributed by atoms with Crippen LogP contribution in [-0.2, 0) is 12.1 Å². The standard InChI is InChI=1S/C13H17ClFNS/c1-9(16-2)13(15,8-14)11-3-4-12-10(7-11)5-6-17-12/h3-4,7,9,16H,5-6,8H2,1-2H3. The van der Waals surface area contributed by atoms with E-state index in [4.69, 9.17) is 11.6 Å². The lowest BCUT2D eigenvalue weighted by atomic mass is 9.89. The quantitative estimate of drug-likeness (QED) is 0.845. The number of halogens is 2. The van der Waals surface area contributed by atoms with Crippen molar-refractivity contribution in [2.45, 2.75) is 30.0 Å². The molecule has 1 aromatic carbocycles. The van der Waals surface area contributed by atoms with Crippen LogP contribution in [0, 0.1) is 0 Å². The highest BCUT2D eigenvalue weighted by molar-refractivity contribution is 7.99. The third-order valence-corrected chi connectivity index (χ3v) is 4.99. The molecule has 0 aliphatic carbocycles. The van der Waals surface area contributed by atoms with Gasteiger partial charge in [0.05, 0.1) is 5.88 Å². The molecule has 0 amide bonds. The molecule has 94 valence electrons. The topological polar surface area (TPSA) is 12.0 Å². The number of likely N-dealkylation sites (N-methyl/N-ethyl adjacent to an activating group) is 1. The second-order valence-electron chi connectivity index (χ2n) is 4.43.